The number of aliphatic hydroxyl groups is 1. The standard InChI is InChI=1S/C27H33N3O5/c1-5-29(6-2)13-14-30-24(18-7-10-20(11-8-18)28(3)4)23(26(32)27(30)33)25(31)19-9-12-21-22(17-19)35-16-15-34-21/h7-12,17,24,31H,5-6,13-16H2,1-4H3/b25-23+/t24-/m0/s1. The third-order valence-corrected chi connectivity index (χ3v) is 6.63. The quantitative estimate of drug-likeness (QED) is 0.353. The lowest BCUT2D eigenvalue weighted by atomic mass is 9.95. The molecule has 4 rings (SSSR count). The molecule has 2 aliphatic rings. The van der Waals surface area contributed by atoms with Crippen molar-refractivity contribution >= 4 is 23.1 Å². The van der Waals surface area contributed by atoms with Gasteiger partial charge in [0.15, 0.2) is 11.5 Å². The lowest BCUT2D eigenvalue weighted by Crippen LogP contribution is -2.38. The molecular formula is C27H33N3O5. The van der Waals surface area contributed by atoms with Crippen molar-refractivity contribution < 1.29 is 24.2 Å². The van der Waals surface area contributed by atoms with Crippen LogP contribution in [-0.2, 0) is 9.59 Å². The van der Waals surface area contributed by atoms with Gasteiger partial charge in [0.2, 0.25) is 0 Å². The number of nitrogens with zero attached hydrogens (tertiary/aromatic N) is 3. The second-order valence-corrected chi connectivity index (χ2v) is 8.86. The van der Waals surface area contributed by atoms with Crippen molar-refractivity contribution in [1.29, 1.82) is 0 Å². The summed E-state index contributed by atoms with van der Waals surface area (Å²) in [6, 6.07) is 12.1. The van der Waals surface area contributed by atoms with E-state index in [9.17, 15) is 14.7 Å². The van der Waals surface area contributed by atoms with Crippen LogP contribution in [0.3, 0.4) is 0 Å². The van der Waals surface area contributed by atoms with Crippen LogP contribution in [0.25, 0.3) is 5.76 Å². The first-order chi connectivity index (χ1) is 16.8. The molecule has 2 heterocycles. The molecule has 186 valence electrons. The molecule has 2 aromatic rings. The number of benzene rings is 2. The van der Waals surface area contributed by atoms with Gasteiger partial charge in [-0.05, 0) is 49.0 Å². The first kappa shape index (κ1) is 24.6. The maximum Gasteiger partial charge on any atom is 0.295 e. The van der Waals surface area contributed by atoms with Gasteiger partial charge in [0, 0.05) is 38.4 Å². The summed E-state index contributed by atoms with van der Waals surface area (Å²) >= 11 is 0. The molecule has 8 heteroatoms. The van der Waals surface area contributed by atoms with E-state index in [1.807, 2.05) is 43.3 Å². The number of rotatable bonds is 8. The van der Waals surface area contributed by atoms with E-state index in [0.29, 0.717) is 43.4 Å². The van der Waals surface area contributed by atoms with Crippen LogP contribution < -0.4 is 14.4 Å². The van der Waals surface area contributed by atoms with Crippen LogP contribution in [0.2, 0.25) is 0 Å². The Labute approximate surface area is 206 Å². The first-order valence-electron chi connectivity index (χ1n) is 12.0. The van der Waals surface area contributed by atoms with E-state index in [4.69, 9.17) is 9.47 Å². The van der Waals surface area contributed by atoms with Gasteiger partial charge in [0.1, 0.15) is 19.0 Å². The van der Waals surface area contributed by atoms with Gasteiger partial charge in [-0.1, -0.05) is 26.0 Å². The average molecular weight is 480 g/mol. The van der Waals surface area contributed by atoms with Gasteiger partial charge in [-0.15, -0.1) is 0 Å². The molecule has 1 fully saturated rings. The highest BCUT2D eigenvalue weighted by atomic mass is 16.6. The molecule has 1 N–H and O–H groups in total. The van der Waals surface area contributed by atoms with Gasteiger partial charge in [0.25, 0.3) is 11.7 Å². The summed E-state index contributed by atoms with van der Waals surface area (Å²) in [5, 5.41) is 11.3. The van der Waals surface area contributed by atoms with Gasteiger partial charge < -0.3 is 29.3 Å². The zero-order chi connectivity index (χ0) is 25.1. The molecule has 35 heavy (non-hydrogen) atoms. The second kappa shape index (κ2) is 10.4. The number of fused-ring (bicyclic) bond motifs is 1. The van der Waals surface area contributed by atoms with Crippen LogP contribution in [0.1, 0.15) is 31.0 Å². The van der Waals surface area contributed by atoms with Crippen LogP contribution in [-0.4, -0.2) is 80.1 Å². The summed E-state index contributed by atoms with van der Waals surface area (Å²) in [5.41, 5.74) is 2.27. The number of hydrogen-bond donors (Lipinski definition) is 1. The van der Waals surface area contributed by atoms with Crippen LogP contribution in [0.4, 0.5) is 5.69 Å². The number of anilines is 1. The number of likely N-dealkylation sites (N-methyl/N-ethyl adjacent to an activating group) is 1. The Morgan fingerprint density at radius 1 is 1.00 bits per heavy atom. The van der Waals surface area contributed by atoms with Crippen LogP contribution in [0.5, 0.6) is 11.5 Å². The third-order valence-electron chi connectivity index (χ3n) is 6.63. The van der Waals surface area contributed by atoms with Crippen molar-refractivity contribution in [3.05, 3.63) is 59.2 Å². The lowest BCUT2D eigenvalue weighted by molar-refractivity contribution is -0.140. The summed E-state index contributed by atoms with van der Waals surface area (Å²) in [6.45, 7) is 7.71. The van der Waals surface area contributed by atoms with Gasteiger partial charge in [0.05, 0.1) is 11.6 Å². The molecule has 1 saturated heterocycles. The molecule has 0 radical (unpaired) electrons. The number of carbonyl (C=O) groups excluding carboxylic acids is 2. The lowest BCUT2D eigenvalue weighted by Gasteiger charge is -2.28. The zero-order valence-electron chi connectivity index (χ0n) is 20.8. The van der Waals surface area contributed by atoms with Crippen molar-refractivity contribution in [2.45, 2.75) is 19.9 Å². The van der Waals surface area contributed by atoms with Crippen molar-refractivity contribution in [2.24, 2.45) is 0 Å². The third kappa shape index (κ3) is 4.84. The first-order valence-corrected chi connectivity index (χ1v) is 12.0. The molecule has 0 bridgehead atoms. The minimum absolute atomic E-state index is 0.0869. The van der Waals surface area contributed by atoms with E-state index in [2.05, 4.69) is 18.7 Å². The summed E-state index contributed by atoms with van der Waals surface area (Å²) < 4.78 is 11.2. The zero-order valence-corrected chi connectivity index (χ0v) is 20.8. The molecule has 0 aliphatic carbocycles. The highest BCUT2D eigenvalue weighted by Gasteiger charge is 2.46. The number of ketones is 1. The summed E-state index contributed by atoms with van der Waals surface area (Å²) in [4.78, 5) is 32.2. The van der Waals surface area contributed by atoms with E-state index < -0.39 is 17.7 Å². The summed E-state index contributed by atoms with van der Waals surface area (Å²) in [5.74, 6) is -0.407. The fraction of sp³-hybridized carbons (Fsp3) is 0.407. The molecular weight excluding hydrogens is 446 g/mol. The summed E-state index contributed by atoms with van der Waals surface area (Å²) in [7, 11) is 3.90. The Morgan fingerprint density at radius 2 is 1.66 bits per heavy atom. The van der Waals surface area contributed by atoms with E-state index in [0.717, 1.165) is 24.3 Å². The van der Waals surface area contributed by atoms with Crippen molar-refractivity contribution in [1.82, 2.24) is 9.80 Å². The molecule has 2 aliphatic heterocycles. The Hall–Kier alpha value is -3.52. The number of hydrogen-bond acceptors (Lipinski definition) is 7. The fourth-order valence-corrected chi connectivity index (χ4v) is 4.55. The maximum atomic E-state index is 13.3. The second-order valence-electron chi connectivity index (χ2n) is 8.86. The van der Waals surface area contributed by atoms with E-state index in [1.54, 1.807) is 23.1 Å². The SMILES string of the molecule is CCN(CC)CCN1C(=O)C(=O)/C(=C(/O)c2ccc3c(c2)OCCO3)[C@@H]1c1ccc(N(C)C)cc1. The topological polar surface area (TPSA) is 82.6 Å². The van der Waals surface area contributed by atoms with E-state index >= 15 is 0 Å². The van der Waals surface area contributed by atoms with Crippen molar-refractivity contribution in [3.8, 4) is 11.5 Å². The van der Waals surface area contributed by atoms with Gasteiger partial charge in [-0.3, -0.25) is 9.59 Å². The molecule has 8 nitrogen and oxygen atoms in total. The minimum atomic E-state index is -0.685. The highest BCUT2D eigenvalue weighted by Crippen LogP contribution is 2.41. The predicted octanol–water partition coefficient (Wildman–Crippen LogP) is 3.29. The van der Waals surface area contributed by atoms with Gasteiger partial charge in [-0.25, -0.2) is 0 Å². The number of ether oxygens (including phenoxy) is 2. The molecule has 2 aromatic carbocycles. The van der Waals surface area contributed by atoms with Gasteiger partial charge >= 0.3 is 0 Å². The van der Waals surface area contributed by atoms with E-state index in [1.165, 1.54) is 0 Å². The van der Waals surface area contributed by atoms with Crippen molar-refractivity contribution in [3.63, 3.8) is 0 Å². The number of likely N-dealkylation sites (tertiary alicyclic amines) is 1. The Morgan fingerprint density at radius 3 is 2.29 bits per heavy atom. The van der Waals surface area contributed by atoms with Gasteiger partial charge in [-0.2, -0.15) is 0 Å². The minimum Gasteiger partial charge on any atom is -0.507 e. The largest absolute Gasteiger partial charge is 0.507 e. The molecule has 0 aromatic heterocycles. The molecule has 0 unspecified atom stereocenters. The number of carbonyl (C=O) groups is 2. The monoisotopic (exact) mass is 479 g/mol. The van der Waals surface area contributed by atoms with Crippen LogP contribution in [0.15, 0.2) is 48.0 Å². The van der Waals surface area contributed by atoms with Crippen LogP contribution in [0, 0.1) is 0 Å². The number of amides is 1. The highest BCUT2D eigenvalue weighted by molar-refractivity contribution is 6.46. The number of aliphatic hydroxyl groups excluding tert-OH is 1. The molecule has 1 atom stereocenters. The smallest absolute Gasteiger partial charge is 0.295 e. The van der Waals surface area contributed by atoms with Crippen molar-refractivity contribution in [2.75, 3.05) is 58.4 Å². The fourth-order valence-electron chi connectivity index (χ4n) is 4.55. The number of Topliss-reactive ketones (excluding diaryl/α,β-unsaturated/α-hetero) is 1. The Kier molecular flexibility index (Phi) is 7.31. The van der Waals surface area contributed by atoms with E-state index in [-0.39, 0.29) is 11.3 Å². The maximum absolute atomic E-state index is 13.3. The average Bonchev–Trinajstić information content (AvgIpc) is 3.13. The molecule has 0 saturated carbocycles. The molecule has 0 spiro atoms. The molecule has 1 amide bonds. The summed E-state index contributed by atoms with van der Waals surface area (Å²) in [6.07, 6.45) is 0. The Balaban J connectivity index is 1.78. The predicted molar refractivity (Wildman–Crippen MR) is 135 cm³/mol. The normalized spacial score (nSPS) is 18.9. The Bertz CT molecular complexity index is 1120. The van der Waals surface area contributed by atoms with Crippen LogP contribution >= 0.6 is 0 Å².